The van der Waals surface area contributed by atoms with Gasteiger partial charge in [-0.25, -0.2) is 4.79 Å². The molecule has 0 aromatic heterocycles. The van der Waals surface area contributed by atoms with Gasteiger partial charge in [-0.1, -0.05) is 6.07 Å². The molecule has 1 rings (SSSR count). The zero-order valence-electron chi connectivity index (χ0n) is 9.91. The van der Waals surface area contributed by atoms with Crippen LogP contribution >= 0.6 is 0 Å². The molecule has 3 amide bonds. The van der Waals surface area contributed by atoms with Crippen LogP contribution in [0.3, 0.4) is 0 Å². The molecule has 8 heteroatoms. The molecule has 0 saturated carbocycles. The van der Waals surface area contributed by atoms with Crippen LogP contribution in [0.5, 0.6) is 0 Å². The Labute approximate surface area is 107 Å². The van der Waals surface area contributed by atoms with Gasteiger partial charge in [-0.3, -0.25) is 10.1 Å². The normalized spacial score (nSPS) is 12.6. The Hall–Kier alpha value is -2.25. The molecule has 1 unspecified atom stereocenters. The monoisotopic (exact) mass is 275 g/mol. The Morgan fingerprint density at radius 3 is 2.47 bits per heavy atom. The van der Waals surface area contributed by atoms with E-state index in [1.807, 2.05) is 5.32 Å². The first-order valence-corrected chi connectivity index (χ1v) is 5.24. The van der Waals surface area contributed by atoms with Gasteiger partial charge in [0.15, 0.2) is 0 Å². The molecule has 1 aromatic carbocycles. The maximum absolute atomic E-state index is 12.5. The topological polar surface area (TPSA) is 84.2 Å². The van der Waals surface area contributed by atoms with E-state index in [-0.39, 0.29) is 5.69 Å². The second-order valence-electron chi connectivity index (χ2n) is 3.80. The molecule has 0 radical (unpaired) electrons. The standard InChI is InChI=1S/C11H12F3N3O2/c1-6(9(18)17-10(15)19)16-8-4-2-3-7(5-8)11(12,13)14/h2-6,16H,1H3,(H3,15,17,18,19). The second-order valence-corrected chi connectivity index (χ2v) is 3.80. The number of hydrogen-bond acceptors (Lipinski definition) is 3. The Morgan fingerprint density at radius 1 is 1.32 bits per heavy atom. The van der Waals surface area contributed by atoms with Crippen LogP contribution in [-0.4, -0.2) is 18.0 Å². The largest absolute Gasteiger partial charge is 0.416 e. The Morgan fingerprint density at radius 2 is 1.95 bits per heavy atom. The van der Waals surface area contributed by atoms with Gasteiger partial charge in [0.1, 0.15) is 6.04 Å². The maximum Gasteiger partial charge on any atom is 0.416 e. The summed E-state index contributed by atoms with van der Waals surface area (Å²) in [6, 6.07) is 2.44. The molecule has 0 heterocycles. The molecule has 104 valence electrons. The quantitative estimate of drug-likeness (QED) is 0.785. The number of hydrogen-bond donors (Lipinski definition) is 3. The molecule has 4 N–H and O–H groups in total. The number of halogens is 3. The van der Waals surface area contributed by atoms with E-state index in [0.717, 1.165) is 12.1 Å². The Bertz CT molecular complexity index is 488. The number of benzene rings is 1. The third-order valence-electron chi connectivity index (χ3n) is 2.21. The van der Waals surface area contributed by atoms with Crippen LogP contribution in [0.25, 0.3) is 0 Å². The van der Waals surface area contributed by atoms with Crippen LogP contribution in [0, 0.1) is 0 Å². The highest BCUT2D eigenvalue weighted by Crippen LogP contribution is 2.30. The average Bonchev–Trinajstić information content (AvgIpc) is 2.27. The van der Waals surface area contributed by atoms with Crippen LogP contribution < -0.4 is 16.4 Å². The van der Waals surface area contributed by atoms with Crippen molar-refractivity contribution in [3.05, 3.63) is 29.8 Å². The smallest absolute Gasteiger partial charge is 0.374 e. The molecule has 0 saturated heterocycles. The van der Waals surface area contributed by atoms with E-state index < -0.39 is 29.7 Å². The summed E-state index contributed by atoms with van der Waals surface area (Å²) >= 11 is 0. The highest BCUT2D eigenvalue weighted by Gasteiger charge is 2.30. The first-order valence-electron chi connectivity index (χ1n) is 5.24. The van der Waals surface area contributed by atoms with Crippen molar-refractivity contribution in [2.24, 2.45) is 5.73 Å². The fraction of sp³-hybridized carbons (Fsp3) is 0.273. The third-order valence-corrected chi connectivity index (χ3v) is 2.21. The first kappa shape index (κ1) is 14.8. The lowest BCUT2D eigenvalue weighted by atomic mass is 10.2. The molecule has 0 fully saturated rings. The van der Waals surface area contributed by atoms with Gasteiger partial charge in [0.05, 0.1) is 5.56 Å². The molecule has 1 aromatic rings. The van der Waals surface area contributed by atoms with Gasteiger partial charge >= 0.3 is 12.2 Å². The van der Waals surface area contributed by atoms with Gasteiger partial charge in [-0.05, 0) is 25.1 Å². The Kier molecular flexibility index (Phi) is 4.36. The summed E-state index contributed by atoms with van der Waals surface area (Å²) in [6.07, 6.45) is -4.46. The highest BCUT2D eigenvalue weighted by atomic mass is 19.4. The fourth-order valence-electron chi connectivity index (χ4n) is 1.33. The number of alkyl halides is 3. The predicted molar refractivity (Wildman–Crippen MR) is 62.3 cm³/mol. The summed E-state index contributed by atoms with van der Waals surface area (Å²) in [6.45, 7) is 1.39. The van der Waals surface area contributed by atoms with E-state index in [1.54, 1.807) is 0 Å². The van der Waals surface area contributed by atoms with Crippen molar-refractivity contribution in [1.29, 1.82) is 0 Å². The van der Waals surface area contributed by atoms with Crippen LogP contribution in [0.2, 0.25) is 0 Å². The van der Waals surface area contributed by atoms with Crippen LogP contribution in [0.15, 0.2) is 24.3 Å². The van der Waals surface area contributed by atoms with Gasteiger partial charge in [-0.15, -0.1) is 0 Å². The lowest BCUT2D eigenvalue weighted by Crippen LogP contribution is -2.43. The molecule has 1 atom stereocenters. The maximum atomic E-state index is 12.5. The van der Waals surface area contributed by atoms with E-state index in [1.165, 1.54) is 19.1 Å². The number of carbonyl (C=O) groups excluding carboxylic acids is 2. The minimum atomic E-state index is -4.46. The summed E-state index contributed by atoms with van der Waals surface area (Å²) in [7, 11) is 0. The van der Waals surface area contributed by atoms with Gasteiger partial charge < -0.3 is 11.1 Å². The summed E-state index contributed by atoms with van der Waals surface area (Å²) in [5, 5.41) is 4.36. The summed E-state index contributed by atoms with van der Waals surface area (Å²) < 4.78 is 37.4. The third kappa shape index (κ3) is 4.49. The zero-order chi connectivity index (χ0) is 14.6. The lowest BCUT2D eigenvalue weighted by Gasteiger charge is -2.15. The van der Waals surface area contributed by atoms with Crippen molar-refractivity contribution in [3.63, 3.8) is 0 Å². The zero-order valence-corrected chi connectivity index (χ0v) is 9.91. The van der Waals surface area contributed by atoms with Gasteiger partial charge in [-0.2, -0.15) is 13.2 Å². The van der Waals surface area contributed by atoms with Crippen molar-refractivity contribution in [2.75, 3.05) is 5.32 Å². The Balaban J connectivity index is 2.77. The molecule has 0 spiro atoms. The second kappa shape index (κ2) is 5.59. The summed E-state index contributed by atoms with van der Waals surface area (Å²) in [5.74, 6) is -0.732. The van der Waals surface area contributed by atoms with Crippen molar-refractivity contribution in [2.45, 2.75) is 19.1 Å². The van der Waals surface area contributed by atoms with E-state index in [0.29, 0.717) is 0 Å². The minimum absolute atomic E-state index is 0.113. The average molecular weight is 275 g/mol. The van der Waals surface area contributed by atoms with Crippen LogP contribution in [0.1, 0.15) is 12.5 Å². The molecule has 0 aliphatic heterocycles. The number of primary amides is 1. The number of imide groups is 1. The van der Waals surface area contributed by atoms with Gasteiger partial charge in [0.2, 0.25) is 5.91 Å². The number of urea groups is 1. The van der Waals surface area contributed by atoms with Crippen molar-refractivity contribution in [1.82, 2.24) is 5.32 Å². The van der Waals surface area contributed by atoms with Crippen LogP contribution in [-0.2, 0) is 11.0 Å². The summed E-state index contributed by atoms with van der Waals surface area (Å²) in [4.78, 5) is 21.8. The highest BCUT2D eigenvalue weighted by molar-refractivity contribution is 5.97. The molecular weight excluding hydrogens is 263 g/mol. The molecule has 0 aliphatic carbocycles. The molecule has 5 nitrogen and oxygen atoms in total. The molecule has 19 heavy (non-hydrogen) atoms. The molecule has 0 bridgehead atoms. The van der Waals surface area contributed by atoms with Crippen LogP contribution in [0.4, 0.5) is 23.7 Å². The lowest BCUT2D eigenvalue weighted by molar-refractivity contribution is -0.137. The molecule has 0 aliphatic rings. The van der Waals surface area contributed by atoms with Crippen molar-refractivity contribution >= 4 is 17.6 Å². The number of nitrogens with two attached hydrogens (primary N) is 1. The molecular formula is C11H12F3N3O2. The summed E-state index contributed by atoms with van der Waals surface area (Å²) in [5.41, 5.74) is 4.04. The van der Waals surface area contributed by atoms with Crippen molar-refractivity contribution < 1.29 is 22.8 Å². The van der Waals surface area contributed by atoms with Crippen molar-refractivity contribution in [3.8, 4) is 0 Å². The minimum Gasteiger partial charge on any atom is -0.374 e. The number of anilines is 1. The number of nitrogens with one attached hydrogen (secondary N) is 2. The number of carbonyl (C=O) groups is 2. The van der Waals surface area contributed by atoms with E-state index in [4.69, 9.17) is 5.73 Å². The predicted octanol–water partition coefficient (Wildman–Crippen LogP) is 1.70. The van der Waals surface area contributed by atoms with E-state index >= 15 is 0 Å². The number of amides is 3. The SMILES string of the molecule is CC(Nc1cccc(C(F)(F)F)c1)C(=O)NC(N)=O. The van der Waals surface area contributed by atoms with Gasteiger partial charge in [0.25, 0.3) is 0 Å². The first-order chi connectivity index (χ1) is 8.70. The van der Waals surface area contributed by atoms with E-state index in [2.05, 4.69) is 5.32 Å². The fourth-order valence-corrected chi connectivity index (χ4v) is 1.33. The number of rotatable bonds is 3. The van der Waals surface area contributed by atoms with Gasteiger partial charge in [0, 0.05) is 5.69 Å². The van der Waals surface area contributed by atoms with E-state index in [9.17, 15) is 22.8 Å².